The van der Waals surface area contributed by atoms with E-state index >= 15 is 0 Å². The first-order chi connectivity index (χ1) is 18.0. The molecule has 9 heteroatoms. The summed E-state index contributed by atoms with van der Waals surface area (Å²) in [6, 6.07) is 5.41. The summed E-state index contributed by atoms with van der Waals surface area (Å²) in [6.45, 7) is 3.88. The van der Waals surface area contributed by atoms with Gasteiger partial charge >= 0.3 is 0 Å². The number of hydrogen-bond acceptors (Lipinski definition) is 7. The Morgan fingerprint density at radius 2 is 1.95 bits per heavy atom. The molecule has 7 rings (SSSR count). The third kappa shape index (κ3) is 3.46. The average Bonchev–Trinajstić information content (AvgIpc) is 3.31. The molecule has 2 bridgehead atoms. The molecule has 9 nitrogen and oxygen atoms in total. The van der Waals surface area contributed by atoms with Crippen molar-refractivity contribution in [3.8, 4) is 0 Å². The molecule has 3 amide bonds. The second kappa shape index (κ2) is 8.26. The summed E-state index contributed by atoms with van der Waals surface area (Å²) in [6.07, 6.45) is 10.2. The number of nitrogens with one attached hydrogen (secondary N) is 1. The monoisotopic (exact) mass is 501 g/mol. The maximum atomic E-state index is 13.3. The topological polar surface area (TPSA) is 109 Å². The molecule has 3 fully saturated rings. The molecule has 1 aromatic heterocycles. The van der Waals surface area contributed by atoms with Gasteiger partial charge in [0.05, 0.1) is 23.4 Å². The number of carbonyl (C=O) groups excluding carboxylic acids is 3. The molecule has 1 aromatic carbocycles. The number of amides is 3. The van der Waals surface area contributed by atoms with Gasteiger partial charge in [0.25, 0.3) is 11.8 Å². The zero-order valence-electron chi connectivity index (χ0n) is 21.0. The van der Waals surface area contributed by atoms with E-state index in [0.29, 0.717) is 52.9 Å². The Morgan fingerprint density at radius 1 is 1.14 bits per heavy atom. The Balaban J connectivity index is 0.986. The molecule has 0 unspecified atom stereocenters. The molecule has 1 spiro atoms. The quantitative estimate of drug-likeness (QED) is 0.479. The van der Waals surface area contributed by atoms with Gasteiger partial charge in [-0.2, -0.15) is 0 Å². The lowest BCUT2D eigenvalue weighted by Crippen LogP contribution is -2.42. The standard InChI is InChI=1S/C28H31N5O4/c1-16-22(31-37-30-16)15-33-26(35)20-3-2-4-23(24(20)27(33)36)32-11-7-17(8-12-32)25(34)29-14-18-13-19-5-6-21(18)28(19)9-10-28/h2-6,17-19,21H,7-15H2,1H3,(H,29,34)/t18-,19+,21-/m0/s1. The van der Waals surface area contributed by atoms with Gasteiger partial charge in [0, 0.05) is 25.6 Å². The maximum absolute atomic E-state index is 13.3. The highest BCUT2D eigenvalue weighted by molar-refractivity contribution is 6.23. The van der Waals surface area contributed by atoms with Crippen molar-refractivity contribution in [3.63, 3.8) is 0 Å². The predicted octanol–water partition coefficient (Wildman–Crippen LogP) is 3.11. The van der Waals surface area contributed by atoms with Crippen molar-refractivity contribution in [3.05, 3.63) is 52.9 Å². The number of benzene rings is 1. The summed E-state index contributed by atoms with van der Waals surface area (Å²) in [5.41, 5.74) is 3.18. The third-order valence-electron chi connectivity index (χ3n) is 9.62. The van der Waals surface area contributed by atoms with Crippen molar-refractivity contribution < 1.29 is 19.0 Å². The fourth-order valence-corrected chi connectivity index (χ4v) is 7.38. The minimum atomic E-state index is -0.332. The number of carbonyl (C=O) groups is 3. The summed E-state index contributed by atoms with van der Waals surface area (Å²) >= 11 is 0. The maximum Gasteiger partial charge on any atom is 0.264 e. The SMILES string of the molecule is Cc1nonc1CN1C(=O)c2cccc(N3CCC(C(=O)NC[C@@H]4C[C@H]5C=C[C@@H]4C54CC4)CC3)c2C1=O. The van der Waals surface area contributed by atoms with Crippen LogP contribution in [-0.4, -0.2) is 52.6 Å². The third-order valence-corrected chi connectivity index (χ3v) is 9.62. The van der Waals surface area contributed by atoms with Crippen molar-refractivity contribution >= 4 is 23.4 Å². The van der Waals surface area contributed by atoms with Crippen LogP contribution in [0.15, 0.2) is 35.0 Å². The molecule has 3 aliphatic carbocycles. The van der Waals surface area contributed by atoms with Crippen molar-refractivity contribution in [1.29, 1.82) is 0 Å². The molecule has 0 radical (unpaired) electrons. The van der Waals surface area contributed by atoms with E-state index in [2.05, 4.69) is 32.7 Å². The van der Waals surface area contributed by atoms with Gasteiger partial charge in [-0.15, -0.1) is 0 Å². The van der Waals surface area contributed by atoms with Gasteiger partial charge < -0.3 is 10.2 Å². The van der Waals surface area contributed by atoms with Crippen LogP contribution in [0.5, 0.6) is 0 Å². The van der Waals surface area contributed by atoms with Crippen LogP contribution in [0, 0.1) is 36.0 Å². The zero-order chi connectivity index (χ0) is 25.3. The highest BCUT2D eigenvalue weighted by Gasteiger charge is 2.62. The summed E-state index contributed by atoms with van der Waals surface area (Å²) in [4.78, 5) is 42.7. The van der Waals surface area contributed by atoms with Crippen LogP contribution in [0.2, 0.25) is 0 Å². The first-order valence-corrected chi connectivity index (χ1v) is 13.4. The molecule has 1 saturated heterocycles. The molecule has 1 N–H and O–H groups in total. The number of anilines is 1. The van der Waals surface area contributed by atoms with E-state index in [1.807, 2.05) is 12.1 Å². The Labute approximate surface area is 215 Å². The highest BCUT2D eigenvalue weighted by Crippen LogP contribution is 2.69. The number of hydrogen-bond donors (Lipinski definition) is 1. The molecule has 192 valence electrons. The molecule has 3 atom stereocenters. The van der Waals surface area contributed by atoms with Crippen LogP contribution in [0.1, 0.15) is 64.2 Å². The van der Waals surface area contributed by atoms with E-state index in [9.17, 15) is 14.4 Å². The largest absolute Gasteiger partial charge is 0.371 e. The van der Waals surface area contributed by atoms with E-state index in [1.54, 1.807) is 13.0 Å². The van der Waals surface area contributed by atoms with E-state index in [4.69, 9.17) is 4.63 Å². The van der Waals surface area contributed by atoms with Crippen molar-refractivity contribution in [1.82, 2.24) is 20.5 Å². The van der Waals surface area contributed by atoms with Gasteiger partial charge in [0.2, 0.25) is 5.91 Å². The van der Waals surface area contributed by atoms with E-state index in [0.717, 1.165) is 31.0 Å². The minimum absolute atomic E-state index is 0.0199. The molecule has 2 saturated carbocycles. The Hall–Kier alpha value is -3.49. The Morgan fingerprint density at radius 3 is 2.65 bits per heavy atom. The van der Waals surface area contributed by atoms with Gasteiger partial charge in [-0.25, -0.2) is 4.63 Å². The zero-order valence-corrected chi connectivity index (χ0v) is 21.0. The Kier molecular flexibility index (Phi) is 5.07. The second-order valence-electron chi connectivity index (χ2n) is 11.4. The van der Waals surface area contributed by atoms with Crippen LogP contribution in [0.4, 0.5) is 5.69 Å². The second-order valence-corrected chi connectivity index (χ2v) is 11.4. The van der Waals surface area contributed by atoms with Crippen LogP contribution < -0.4 is 10.2 Å². The summed E-state index contributed by atoms with van der Waals surface area (Å²) in [5, 5.41) is 10.8. The first-order valence-electron chi connectivity index (χ1n) is 13.4. The normalized spacial score (nSPS) is 27.4. The minimum Gasteiger partial charge on any atom is -0.371 e. The number of allylic oxidation sites excluding steroid dienone is 2. The van der Waals surface area contributed by atoms with Gasteiger partial charge in [0.1, 0.15) is 11.4 Å². The van der Waals surface area contributed by atoms with E-state index in [-0.39, 0.29) is 30.2 Å². The number of imide groups is 1. The number of aryl methyl sites for hydroxylation is 1. The van der Waals surface area contributed by atoms with Gasteiger partial charge in [-0.1, -0.05) is 28.5 Å². The number of piperidine rings is 1. The number of fused-ring (bicyclic) bond motifs is 1. The molecule has 2 aliphatic heterocycles. The van der Waals surface area contributed by atoms with E-state index in [1.165, 1.54) is 24.2 Å². The van der Waals surface area contributed by atoms with Gasteiger partial charge in [0.15, 0.2) is 0 Å². The van der Waals surface area contributed by atoms with Gasteiger partial charge in [-0.05, 0) is 74.3 Å². The molecule has 3 heterocycles. The lowest BCUT2D eigenvalue weighted by molar-refractivity contribution is -0.125. The number of nitrogens with zero attached hydrogens (tertiary/aromatic N) is 4. The smallest absolute Gasteiger partial charge is 0.264 e. The van der Waals surface area contributed by atoms with Crippen molar-refractivity contribution in [2.75, 3.05) is 24.5 Å². The molecular formula is C28H31N5O4. The average molecular weight is 502 g/mol. The summed E-state index contributed by atoms with van der Waals surface area (Å²) in [7, 11) is 0. The number of aromatic nitrogens is 2. The van der Waals surface area contributed by atoms with Crippen molar-refractivity contribution in [2.24, 2.45) is 29.1 Å². The summed E-state index contributed by atoms with van der Waals surface area (Å²) < 4.78 is 4.73. The van der Waals surface area contributed by atoms with Crippen LogP contribution in [0.3, 0.4) is 0 Å². The van der Waals surface area contributed by atoms with Gasteiger partial charge in [-0.3, -0.25) is 19.3 Å². The molecule has 37 heavy (non-hydrogen) atoms. The fourth-order valence-electron chi connectivity index (χ4n) is 7.38. The Bertz CT molecular complexity index is 1320. The van der Waals surface area contributed by atoms with Crippen LogP contribution >= 0.6 is 0 Å². The molecule has 5 aliphatic rings. The van der Waals surface area contributed by atoms with Crippen LogP contribution in [0.25, 0.3) is 0 Å². The van der Waals surface area contributed by atoms with Crippen LogP contribution in [-0.2, 0) is 11.3 Å². The fraction of sp³-hybridized carbons (Fsp3) is 0.536. The number of rotatable bonds is 6. The highest BCUT2D eigenvalue weighted by atomic mass is 16.6. The lowest BCUT2D eigenvalue weighted by atomic mass is 9.88. The molecular weight excluding hydrogens is 470 g/mol. The molecule has 2 aromatic rings. The van der Waals surface area contributed by atoms with E-state index < -0.39 is 0 Å². The first kappa shape index (κ1) is 22.7. The predicted molar refractivity (Wildman–Crippen MR) is 134 cm³/mol. The van der Waals surface area contributed by atoms with Crippen molar-refractivity contribution in [2.45, 2.75) is 45.6 Å². The summed E-state index contributed by atoms with van der Waals surface area (Å²) in [5.74, 6) is 1.45. The lowest BCUT2D eigenvalue weighted by Gasteiger charge is -2.34.